The van der Waals surface area contributed by atoms with E-state index in [1.165, 1.54) is 0 Å². The molecule has 1 N–H and O–H groups in total. The SMILES string of the molecule is CCOC(=O)c1ccc(NC(=O)CCC(=O)n2ccc3ccccc32)cc1. The fraction of sp³-hybridized carbons (Fsp3) is 0.190. The van der Waals surface area contributed by atoms with Crippen molar-refractivity contribution in [2.45, 2.75) is 19.8 Å². The van der Waals surface area contributed by atoms with Crippen molar-refractivity contribution >= 4 is 34.4 Å². The highest BCUT2D eigenvalue weighted by Crippen LogP contribution is 2.16. The van der Waals surface area contributed by atoms with Gasteiger partial charge in [-0.2, -0.15) is 0 Å². The Morgan fingerprint density at radius 1 is 0.963 bits per heavy atom. The number of esters is 1. The molecule has 3 aromatic rings. The Hall–Kier alpha value is -3.41. The van der Waals surface area contributed by atoms with Crippen molar-refractivity contribution in [3.05, 3.63) is 66.4 Å². The molecule has 6 heteroatoms. The third-order valence-corrected chi connectivity index (χ3v) is 4.11. The molecule has 0 aliphatic rings. The molecule has 0 atom stereocenters. The Kier molecular flexibility index (Phi) is 5.66. The first-order valence-electron chi connectivity index (χ1n) is 8.75. The van der Waals surface area contributed by atoms with Crippen LogP contribution in [0.5, 0.6) is 0 Å². The van der Waals surface area contributed by atoms with Crippen molar-refractivity contribution in [2.24, 2.45) is 0 Å². The van der Waals surface area contributed by atoms with E-state index in [-0.39, 0.29) is 24.7 Å². The molecule has 6 nitrogen and oxygen atoms in total. The van der Waals surface area contributed by atoms with Gasteiger partial charge < -0.3 is 10.1 Å². The van der Waals surface area contributed by atoms with Crippen molar-refractivity contribution in [3.8, 4) is 0 Å². The number of rotatable bonds is 6. The average molecular weight is 364 g/mol. The van der Waals surface area contributed by atoms with E-state index in [9.17, 15) is 14.4 Å². The zero-order valence-corrected chi connectivity index (χ0v) is 15.0. The molecular weight excluding hydrogens is 344 g/mol. The van der Waals surface area contributed by atoms with Gasteiger partial charge in [0.05, 0.1) is 17.7 Å². The van der Waals surface area contributed by atoms with E-state index in [0.717, 1.165) is 10.9 Å². The molecule has 0 radical (unpaired) electrons. The van der Waals surface area contributed by atoms with Gasteiger partial charge in [0.1, 0.15) is 0 Å². The number of fused-ring (bicyclic) bond motifs is 1. The van der Waals surface area contributed by atoms with Gasteiger partial charge in [0.15, 0.2) is 0 Å². The van der Waals surface area contributed by atoms with Crippen LogP contribution in [-0.2, 0) is 9.53 Å². The molecule has 0 spiro atoms. The Morgan fingerprint density at radius 3 is 2.44 bits per heavy atom. The summed E-state index contributed by atoms with van der Waals surface area (Å²) >= 11 is 0. The summed E-state index contributed by atoms with van der Waals surface area (Å²) in [5.74, 6) is -0.798. The number of ether oxygens (including phenoxy) is 1. The summed E-state index contributed by atoms with van der Waals surface area (Å²) in [6.07, 6.45) is 1.90. The fourth-order valence-electron chi connectivity index (χ4n) is 2.77. The Bertz CT molecular complexity index is 973. The molecule has 0 aliphatic heterocycles. The zero-order valence-electron chi connectivity index (χ0n) is 15.0. The van der Waals surface area contributed by atoms with Crippen LogP contribution in [0.1, 0.15) is 34.9 Å². The van der Waals surface area contributed by atoms with Crippen LogP contribution in [0.25, 0.3) is 10.9 Å². The predicted octanol–water partition coefficient (Wildman–Crippen LogP) is 3.88. The van der Waals surface area contributed by atoms with E-state index in [1.54, 1.807) is 42.0 Å². The molecule has 1 aromatic heterocycles. The molecule has 138 valence electrons. The second-order valence-electron chi connectivity index (χ2n) is 5.98. The molecule has 0 saturated carbocycles. The van der Waals surface area contributed by atoms with E-state index in [1.807, 2.05) is 30.3 Å². The molecule has 0 unspecified atom stereocenters. The Morgan fingerprint density at radius 2 is 1.70 bits per heavy atom. The summed E-state index contributed by atoms with van der Waals surface area (Å²) in [6.45, 7) is 2.05. The van der Waals surface area contributed by atoms with E-state index >= 15 is 0 Å². The number of para-hydroxylation sites is 1. The van der Waals surface area contributed by atoms with Crippen molar-refractivity contribution in [1.82, 2.24) is 4.57 Å². The van der Waals surface area contributed by atoms with Crippen LogP contribution in [0.15, 0.2) is 60.8 Å². The van der Waals surface area contributed by atoms with Gasteiger partial charge in [0.25, 0.3) is 0 Å². The van der Waals surface area contributed by atoms with Crippen molar-refractivity contribution < 1.29 is 19.1 Å². The maximum Gasteiger partial charge on any atom is 0.338 e. The second kappa shape index (κ2) is 8.31. The quantitative estimate of drug-likeness (QED) is 0.674. The number of carbonyl (C=O) groups excluding carboxylic acids is 3. The maximum atomic E-state index is 12.4. The van der Waals surface area contributed by atoms with Crippen molar-refractivity contribution in [3.63, 3.8) is 0 Å². The van der Waals surface area contributed by atoms with Gasteiger partial charge in [0, 0.05) is 30.1 Å². The summed E-state index contributed by atoms with van der Waals surface area (Å²) in [5, 5.41) is 3.71. The van der Waals surface area contributed by atoms with Crippen LogP contribution in [0.3, 0.4) is 0 Å². The normalized spacial score (nSPS) is 10.6. The smallest absolute Gasteiger partial charge is 0.338 e. The lowest BCUT2D eigenvalue weighted by atomic mass is 10.2. The molecule has 0 aliphatic carbocycles. The fourth-order valence-corrected chi connectivity index (χ4v) is 2.77. The van der Waals surface area contributed by atoms with E-state index in [4.69, 9.17) is 4.74 Å². The Balaban J connectivity index is 1.55. The van der Waals surface area contributed by atoms with E-state index < -0.39 is 5.97 Å². The minimum absolute atomic E-state index is 0.0744. The maximum absolute atomic E-state index is 12.4. The number of carbonyl (C=O) groups is 3. The zero-order chi connectivity index (χ0) is 19.2. The first-order valence-corrected chi connectivity index (χ1v) is 8.75. The highest BCUT2D eigenvalue weighted by atomic mass is 16.5. The van der Waals surface area contributed by atoms with Gasteiger partial charge >= 0.3 is 5.97 Å². The molecular formula is C21H20N2O4. The lowest BCUT2D eigenvalue weighted by Crippen LogP contribution is -2.16. The number of hydrogen-bond donors (Lipinski definition) is 1. The van der Waals surface area contributed by atoms with Crippen LogP contribution in [0.2, 0.25) is 0 Å². The summed E-state index contributed by atoms with van der Waals surface area (Å²) < 4.78 is 6.48. The Labute approximate surface area is 156 Å². The lowest BCUT2D eigenvalue weighted by Gasteiger charge is -2.07. The highest BCUT2D eigenvalue weighted by molar-refractivity contribution is 5.97. The van der Waals surface area contributed by atoms with Gasteiger partial charge in [-0.3, -0.25) is 14.2 Å². The van der Waals surface area contributed by atoms with Crippen LogP contribution in [0, 0.1) is 0 Å². The average Bonchev–Trinajstić information content (AvgIpc) is 3.11. The third kappa shape index (κ3) is 4.41. The van der Waals surface area contributed by atoms with Crippen LogP contribution >= 0.6 is 0 Å². The summed E-state index contributed by atoms with van der Waals surface area (Å²) in [6, 6.07) is 15.9. The van der Waals surface area contributed by atoms with Crippen molar-refractivity contribution in [2.75, 3.05) is 11.9 Å². The number of hydrogen-bond acceptors (Lipinski definition) is 4. The summed E-state index contributed by atoms with van der Waals surface area (Å²) in [4.78, 5) is 36.1. The number of nitrogens with zero attached hydrogens (tertiary/aromatic N) is 1. The minimum Gasteiger partial charge on any atom is -0.462 e. The predicted molar refractivity (Wildman–Crippen MR) is 103 cm³/mol. The second-order valence-corrected chi connectivity index (χ2v) is 5.98. The first kappa shape index (κ1) is 18.4. The molecule has 27 heavy (non-hydrogen) atoms. The standard InChI is InChI=1S/C21H20N2O4/c1-2-27-21(26)16-7-9-17(10-8-16)22-19(24)11-12-20(25)23-14-13-15-5-3-4-6-18(15)23/h3-10,13-14H,2,11-12H2,1H3,(H,22,24). The highest BCUT2D eigenvalue weighted by Gasteiger charge is 2.12. The van der Waals surface area contributed by atoms with Crippen LogP contribution in [-0.4, -0.2) is 29.0 Å². The molecule has 2 aromatic carbocycles. The lowest BCUT2D eigenvalue weighted by molar-refractivity contribution is -0.116. The number of anilines is 1. The number of aromatic nitrogens is 1. The van der Waals surface area contributed by atoms with Gasteiger partial charge in [-0.05, 0) is 43.3 Å². The number of benzene rings is 2. The number of amides is 1. The molecule has 0 fully saturated rings. The molecule has 3 rings (SSSR count). The summed E-state index contributed by atoms with van der Waals surface area (Å²) in [7, 11) is 0. The van der Waals surface area contributed by atoms with E-state index in [2.05, 4.69) is 5.32 Å². The third-order valence-electron chi connectivity index (χ3n) is 4.11. The molecule has 0 bridgehead atoms. The van der Waals surface area contributed by atoms with Crippen LogP contribution < -0.4 is 5.32 Å². The molecule has 1 heterocycles. The van der Waals surface area contributed by atoms with Gasteiger partial charge in [-0.1, -0.05) is 18.2 Å². The number of nitrogens with one attached hydrogen (secondary N) is 1. The molecule has 0 saturated heterocycles. The topological polar surface area (TPSA) is 77.4 Å². The van der Waals surface area contributed by atoms with Crippen LogP contribution in [0.4, 0.5) is 5.69 Å². The summed E-state index contributed by atoms with van der Waals surface area (Å²) in [5.41, 5.74) is 1.81. The van der Waals surface area contributed by atoms with Gasteiger partial charge in [0.2, 0.25) is 11.8 Å². The van der Waals surface area contributed by atoms with E-state index in [0.29, 0.717) is 17.9 Å². The minimum atomic E-state index is -0.403. The first-order chi connectivity index (χ1) is 13.1. The van der Waals surface area contributed by atoms with Crippen molar-refractivity contribution in [1.29, 1.82) is 0 Å². The monoisotopic (exact) mass is 364 g/mol. The largest absolute Gasteiger partial charge is 0.462 e. The van der Waals surface area contributed by atoms with Gasteiger partial charge in [-0.15, -0.1) is 0 Å². The van der Waals surface area contributed by atoms with Gasteiger partial charge in [-0.25, -0.2) is 4.79 Å². The molecule has 1 amide bonds.